The number of ether oxygens (including phenoxy) is 1. The number of aliphatic carboxylic acids is 1. The number of carbonyl (C=O) groups is 4. The summed E-state index contributed by atoms with van der Waals surface area (Å²) in [6.07, 6.45) is 11.4. The molecule has 1 aromatic carbocycles. The first-order chi connectivity index (χ1) is 20.8. The van der Waals surface area contributed by atoms with Crippen LogP contribution in [0.15, 0.2) is 67.0 Å². The lowest BCUT2D eigenvalue weighted by Crippen LogP contribution is -2.54. The molecule has 2 aromatic heterocycles. The van der Waals surface area contributed by atoms with E-state index in [1.807, 2.05) is 42.5 Å². The van der Waals surface area contributed by atoms with E-state index in [0.717, 1.165) is 33.9 Å². The summed E-state index contributed by atoms with van der Waals surface area (Å²) < 4.78 is 5.82. The molecule has 0 saturated carbocycles. The van der Waals surface area contributed by atoms with Crippen molar-refractivity contribution in [2.45, 2.75) is 38.4 Å². The summed E-state index contributed by atoms with van der Waals surface area (Å²) in [6, 6.07) is 13.8. The van der Waals surface area contributed by atoms with Gasteiger partial charge in [-0.1, -0.05) is 30.3 Å². The second kappa shape index (κ2) is 15.0. The van der Waals surface area contributed by atoms with E-state index in [0.29, 0.717) is 57.0 Å². The van der Waals surface area contributed by atoms with Gasteiger partial charge in [0.25, 0.3) is 0 Å². The molecule has 0 atom stereocenters. The molecule has 11 nitrogen and oxygen atoms in total. The first-order valence-electron chi connectivity index (χ1n) is 13.9. The number of halogens is 1. The van der Waals surface area contributed by atoms with Gasteiger partial charge < -0.3 is 25.4 Å². The van der Waals surface area contributed by atoms with Gasteiger partial charge >= 0.3 is 5.97 Å². The Morgan fingerprint density at radius 3 is 1.95 bits per heavy atom. The van der Waals surface area contributed by atoms with Crippen LogP contribution in [0.25, 0.3) is 12.2 Å². The summed E-state index contributed by atoms with van der Waals surface area (Å²) in [5, 5.41) is 13.9. The van der Waals surface area contributed by atoms with Crippen LogP contribution in [0, 0.1) is 0 Å². The number of nitrogens with one attached hydrogen (secondary N) is 2. The number of anilines is 2. The highest BCUT2D eigenvalue weighted by Gasteiger charge is 2.30. The number of pyridine rings is 2. The van der Waals surface area contributed by atoms with Crippen molar-refractivity contribution < 1.29 is 29.0 Å². The van der Waals surface area contributed by atoms with Crippen molar-refractivity contribution in [2.24, 2.45) is 0 Å². The van der Waals surface area contributed by atoms with Crippen molar-refractivity contribution in [3.05, 3.63) is 94.8 Å². The number of likely N-dealkylation sites (tertiary alicyclic amines) is 1. The van der Waals surface area contributed by atoms with Gasteiger partial charge in [-0.15, -0.1) is 12.4 Å². The first kappa shape index (κ1) is 32.1. The van der Waals surface area contributed by atoms with Crippen LogP contribution in [-0.2, 0) is 43.4 Å². The van der Waals surface area contributed by atoms with Gasteiger partial charge in [0.15, 0.2) is 0 Å². The van der Waals surface area contributed by atoms with E-state index in [9.17, 15) is 19.2 Å². The van der Waals surface area contributed by atoms with E-state index in [2.05, 4.69) is 20.6 Å². The minimum Gasteiger partial charge on any atom is -0.478 e. The molecule has 3 amide bonds. The van der Waals surface area contributed by atoms with Crippen LogP contribution in [0.5, 0.6) is 0 Å². The standard InChI is InChI=1S/C21H21N3O3.C11H10N2O3.ClH/c25-19-8-7-17-10-16(11-22-21(17)23-19)6-9-20(26)24-12-18(13-24)27-14-15-4-2-1-3-5-15;14-9-3-2-8-5-7(1-4-10(15)16)6-12-11(8)13-9;/h1-6,9-11,18H,7-8,12-14H2,(H,22,23,25);1,4-6H,2-3H2,(H,15,16)(H,12,13,14);1H/b9-6+;4-1+;. The van der Waals surface area contributed by atoms with Gasteiger partial charge in [-0.25, -0.2) is 14.8 Å². The molecule has 1 fully saturated rings. The topological polar surface area (TPSA) is 151 Å². The molecule has 12 heteroatoms. The Bertz CT molecular complexity index is 1590. The molecule has 5 heterocycles. The smallest absolute Gasteiger partial charge is 0.328 e. The van der Waals surface area contributed by atoms with Crippen molar-refractivity contribution >= 4 is 59.9 Å². The molecule has 3 aromatic rings. The number of benzene rings is 1. The third kappa shape index (κ3) is 8.82. The quantitative estimate of drug-likeness (QED) is 0.338. The summed E-state index contributed by atoms with van der Waals surface area (Å²) in [5.41, 5.74) is 4.65. The number of rotatable bonds is 7. The number of hydrogen-bond acceptors (Lipinski definition) is 7. The molecular weight excluding hydrogens is 586 g/mol. The molecule has 0 aliphatic carbocycles. The maximum absolute atomic E-state index is 12.3. The van der Waals surface area contributed by atoms with Crippen LogP contribution >= 0.6 is 12.4 Å². The van der Waals surface area contributed by atoms with Crippen LogP contribution in [0.3, 0.4) is 0 Å². The normalized spacial score (nSPS) is 15.6. The number of aryl methyl sites for hydroxylation is 2. The zero-order valence-electron chi connectivity index (χ0n) is 23.8. The Hall–Kier alpha value is -4.87. The predicted molar refractivity (Wildman–Crippen MR) is 167 cm³/mol. The third-order valence-corrected chi connectivity index (χ3v) is 7.06. The Kier molecular flexibility index (Phi) is 11.0. The van der Waals surface area contributed by atoms with Gasteiger partial charge in [-0.05, 0) is 64.9 Å². The van der Waals surface area contributed by atoms with Gasteiger partial charge in [-0.2, -0.15) is 0 Å². The minimum absolute atomic E-state index is 0. The Labute approximate surface area is 260 Å². The molecule has 3 N–H and O–H groups in total. The van der Waals surface area contributed by atoms with Crippen molar-refractivity contribution in [3.8, 4) is 0 Å². The number of carboxylic acids is 1. The van der Waals surface area contributed by atoms with E-state index < -0.39 is 5.97 Å². The molecule has 1 saturated heterocycles. The molecule has 3 aliphatic rings. The lowest BCUT2D eigenvalue weighted by molar-refractivity contribution is -0.140. The molecule has 0 spiro atoms. The van der Waals surface area contributed by atoms with Gasteiger partial charge in [-0.3, -0.25) is 14.4 Å². The number of carbonyl (C=O) groups excluding carboxylic acids is 3. The van der Waals surface area contributed by atoms with Gasteiger partial charge in [0, 0.05) is 50.5 Å². The van der Waals surface area contributed by atoms with Crippen LogP contribution < -0.4 is 10.6 Å². The Morgan fingerprint density at radius 2 is 1.41 bits per heavy atom. The minimum atomic E-state index is -0.994. The van der Waals surface area contributed by atoms with Crippen LogP contribution in [0.2, 0.25) is 0 Å². The van der Waals surface area contributed by atoms with E-state index >= 15 is 0 Å². The maximum atomic E-state index is 12.3. The summed E-state index contributed by atoms with van der Waals surface area (Å²) in [4.78, 5) is 55.1. The van der Waals surface area contributed by atoms with Gasteiger partial charge in [0.1, 0.15) is 11.6 Å². The lowest BCUT2D eigenvalue weighted by Gasteiger charge is -2.38. The Balaban J connectivity index is 0.000000223. The van der Waals surface area contributed by atoms with Crippen molar-refractivity contribution in [1.29, 1.82) is 0 Å². The highest BCUT2D eigenvalue weighted by molar-refractivity contribution is 5.94. The lowest BCUT2D eigenvalue weighted by atomic mass is 10.0. The number of nitrogens with zero attached hydrogens (tertiary/aromatic N) is 3. The summed E-state index contributed by atoms with van der Waals surface area (Å²) in [6.45, 7) is 1.80. The highest BCUT2D eigenvalue weighted by atomic mass is 35.5. The zero-order chi connectivity index (χ0) is 30.2. The summed E-state index contributed by atoms with van der Waals surface area (Å²) in [5.74, 6) is 0.135. The Morgan fingerprint density at radius 1 is 0.864 bits per heavy atom. The SMILES string of the molecule is Cl.O=C(O)/C=C/c1cnc2c(c1)CCC(=O)N2.O=C1CCc2cc(/C=C/C(=O)N3CC(OCc4ccccc4)C3)cnc2N1. The van der Waals surface area contributed by atoms with Crippen LogP contribution in [0.1, 0.15) is 40.7 Å². The first-order valence-corrected chi connectivity index (χ1v) is 13.9. The van der Waals surface area contributed by atoms with Gasteiger partial charge in [0.05, 0.1) is 12.7 Å². The fourth-order valence-corrected chi connectivity index (χ4v) is 4.68. The fourth-order valence-electron chi connectivity index (χ4n) is 4.68. The number of amides is 3. The van der Waals surface area contributed by atoms with E-state index in [4.69, 9.17) is 9.84 Å². The largest absolute Gasteiger partial charge is 0.478 e. The molecule has 0 radical (unpaired) electrons. The monoisotopic (exact) mass is 617 g/mol. The average molecular weight is 618 g/mol. The fraction of sp³-hybridized carbons (Fsp3) is 0.250. The molecular formula is C32H32ClN5O6. The third-order valence-electron chi connectivity index (χ3n) is 7.06. The molecule has 6 rings (SSSR count). The molecule has 228 valence electrons. The highest BCUT2D eigenvalue weighted by Crippen LogP contribution is 2.22. The maximum Gasteiger partial charge on any atom is 0.328 e. The van der Waals surface area contributed by atoms with E-state index in [1.165, 1.54) is 12.3 Å². The average Bonchev–Trinajstić information content (AvgIpc) is 2.99. The number of hydrogen-bond donors (Lipinski definition) is 3. The predicted octanol–water partition coefficient (Wildman–Crippen LogP) is 3.89. The van der Waals surface area contributed by atoms with Crippen molar-refractivity contribution in [2.75, 3.05) is 23.7 Å². The molecule has 3 aliphatic heterocycles. The number of aromatic nitrogens is 2. The number of carboxylic acid groups (broad SMARTS) is 1. The molecule has 0 unspecified atom stereocenters. The zero-order valence-corrected chi connectivity index (χ0v) is 24.6. The van der Waals surface area contributed by atoms with Crippen molar-refractivity contribution in [1.82, 2.24) is 14.9 Å². The second-order valence-corrected chi connectivity index (χ2v) is 10.3. The molecule has 44 heavy (non-hydrogen) atoms. The second-order valence-electron chi connectivity index (χ2n) is 10.3. The molecule has 0 bridgehead atoms. The van der Waals surface area contributed by atoms with Crippen LogP contribution in [-0.4, -0.2) is 62.9 Å². The summed E-state index contributed by atoms with van der Waals surface area (Å²) in [7, 11) is 0. The number of fused-ring (bicyclic) bond motifs is 2. The summed E-state index contributed by atoms with van der Waals surface area (Å²) >= 11 is 0. The van der Waals surface area contributed by atoms with E-state index in [1.54, 1.807) is 23.2 Å². The van der Waals surface area contributed by atoms with E-state index in [-0.39, 0.29) is 36.2 Å². The van der Waals surface area contributed by atoms with Gasteiger partial charge in [0.2, 0.25) is 17.7 Å². The van der Waals surface area contributed by atoms with Crippen molar-refractivity contribution in [3.63, 3.8) is 0 Å². The van der Waals surface area contributed by atoms with Crippen LogP contribution in [0.4, 0.5) is 11.6 Å².